The smallest absolute Gasteiger partial charge is 0.269 e. The van der Waals surface area contributed by atoms with E-state index in [0.717, 1.165) is 38.4 Å². The monoisotopic (exact) mass is 361 g/mol. The highest BCUT2D eigenvalue weighted by Crippen LogP contribution is 2.12. The number of ether oxygens (including phenoxy) is 1. The fourth-order valence-corrected chi connectivity index (χ4v) is 2.63. The Morgan fingerprint density at radius 3 is 2.69 bits per heavy atom. The lowest BCUT2D eigenvalue weighted by Crippen LogP contribution is -2.49. The summed E-state index contributed by atoms with van der Waals surface area (Å²) in [7, 11) is 0. The summed E-state index contributed by atoms with van der Waals surface area (Å²) in [5.41, 5.74) is 0.997. The fraction of sp³-hybridized carbons (Fsp3) is 0.500. The third-order valence-corrected chi connectivity index (χ3v) is 4.21. The predicted molar refractivity (Wildman–Crippen MR) is 102 cm³/mol. The van der Waals surface area contributed by atoms with Crippen molar-refractivity contribution in [2.75, 3.05) is 39.4 Å². The molecule has 1 aromatic carbocycles. The van der Waals surface area contributed by atoms with E-state index < -0.39 is 4.92 Å². The molecule has 2 N–H and O–H groups in total. The summed E-state index contributed by atoms with van der Waals surface area (Å²) < 4.78 is 5.39. The molecule has 1 aliphatic rings. The molecule has 1 aromatic rings. The summed E-state index contributed by atoms with van der Waals surface area (Å²) in [6.07, 6.45) is 1.77. The SMILES string of the molecule is C=CCNC(=NCc1ccc([N+](=O)[O-])cc1)NCC(C)N1CCOCC1. The van der Waals surface area contributed by atoms with Gasteiger partial charge < -0.3 is 15.4 Å². The topological polar surface area (TPSA) is 92.0 Å². The molecule has 1 fully saturated rings. The molecule has 8 nitrogen and oxygen atoms in total. The molecule has 1 aliphatic heterocycles. The van der Waals surface area contributed by atoms with E-state index in [1.807, 2.05) is 0 Å². The Labute approximate surface area is 154 Å². The van der Waals surface area contributed by atoms with Crippen LogP contribution in [0.1, 0.15) is 12.5 Å². The summed E-state index contributed by atoms with van der Waals surface area (Å²) in [6, 6.07) is 6.81. The molecule has 1 unspecified atom stereocenters. The number of nitrogens with one attached hydrogen (secondary N) is 2. The van der Waals surface area contributed by atoms with Gasteiger partial charge in [0.05, 0.1) is 24.7 Å². The van der Waals surface area contributed by atoms with Crippen LogP contribution in [0.4, 0.5) is 5.69 Å². The molecule has 0 amide bonds. The predicted octanol–water partition coefficient (Wildman–Crippen LogP) is 1.54. The first kappa shape index (κ1) is 19.9. The van der Waals surface area contributed by atoms with E-state index in [1.165, 1.54) is 12.1 Å². The molecular formula is C18H27N5O3. The Balaban J connectivity index is 1.90. The zero-order chi connectivity index (χ0) is 18.8. The van der Waals surface area contributed by atoms with Crippen LogP contribution in [-0.4, -0.2) is 61.2 Å². The number of hydrogen-bond donors (Lipinski definition) is 2. The zero-order valence-electron chi connectivity index (χ0n) is 15.2. The lowest BCUT2D eigenvalue weighted by atomic mass is 10.2. The van der Waals surface area contributed by atoms with E-state index >= 15 is 0 Å². The normalized spacial score (nSPS) is 16.7. The maximum Gasteiger partial charge on any atom is 0.269 e. The van der Waals surface area contributed by atoms with Crippen molar-refractivity contribution in [3.8, 4) is 0 Å². The van der Waals surface area contributed by atoms with Crippen molar-refractivity contribution < 1.29 is 9.66 Å². The van der Waals surface area contributed by atoms with Crippen molar-refractivity contribution >= 4 is 11.6 Å². The second-order valence-corrected chi connectivity index (χ2v) is 6.14. The lowest BCUT2D eigenvalue weighted by Gasteiger charge is -2.32. The van der Waals surface area contributed by atoms with Crippen LogP contribution in [-0.2, 0) is 11.3 Å². The highest BCUT2D eigenvalue weighted by atomic mass is 16.6. The number of nitro groups is 1. The Morgan fingerprint density at radius 2 is 2.08 bits per heavy atom. The first-order chi connectivity index (χ1) is 12.6. The Morgan fingerprint density at radius 1 is 1.38 bits per heavy atom. The van der Waals surface area contributed by atoms with Gasteiger partial charge in [-0.15, -0.1) is 6.58 Å². The highest BCUT2D eigenvalue weighted by molar-refractivity contribution is 5.79. The minimum Gasteiger partial charge on any atom is -0.379 e. The first-order valence-electron chi connectivity index (χ1n) is 8.78. The second-order valence-electron chi connectivity index (χ2n) is 6.14. The molecule has 1 saturated heterocycles. The highest BCUT2D eigenvalue weighted by Gasteiger charge is 2.17. The molecule has 0 spiro atoms. The van der Waals surface area contributed by atoms with Gasteiger partial charge in [0, 0.05) is 44.4 Å². The van der Waals surface area contributed by atoms with Gasteiger partial charge >= 0.3 is 0 Å². The second kappa shape index (κ2) is 10.5. The molecule has 0 aliphatic carbocycles. The Hall–Kier alpha value is -2.45. The molecule has 0 bridgehead atoms. The number of non-ortho nitro benzene ring substituents is 1. The Bertz CT molecular complexity index is 612. The van der Waals surface area contributed by atoms with Gasteiger partial charge in [0.25, 0.3) is 5.69 Å². The van der Waals surface area contributed by atoms with Crippen molar-refractivity contribution in [3.05, 3.63) is 52.6 Å². The molecule has 1 heterocycles. The van der Waals surface area contributed by atoms with E-state index in [0.29, 0.717) is 25.1 Å². The molecule has 26 heavy (non-hydrogen) atoms. The minimum absolute atomic E-state index is 0.0835. The van der Waals surface area contributed by atoms with Crippen LogP contribution in [0, 0.1) is 10.1 Å². The molecule has 0 saturated carbocycles. The van der Waals surface area contributed by atoms with Crippen LogP contribution in [0.25, 0.3) is 0 Å². The fourth-order valence-electron chi connectivity index (χ4n) is 2.63. The van der Waals surface area contributed by atoms with Gasteiger partial charge in [0.15, 0.2) is 5.96 Å². The largest absolute Gasteiger partial charge is 0.379 e. The number of hydrogen-bond acceptors (Lipinski definition) is 5. The van der Waals surface area contributed by atoms with Crippen LogP contribution in [0.15, 0.2) is 41.9 Å². The summed E-state index contributed by atoms with van der Waals surface area (Å²) in [5.74, 6) is 0.698. The number of aliphatic imine (C=N–C) groups is 1. The number of nitrogens with zero attached hydrogens (tertiary/aromatic N) is 3. The molecule has 0 aromatic heterocycles. The standard InChI is InChI=1S/C18H27N5O3/c1-3-8-19-18(20-13-15(2)22-9-11-26-12-10-22)21-14-16-4-6-17(7-5-16)23(24)25/h3-7,15H,1,8-14H2,2H3,(H2,19,20,21). The summed E-state index contributed by atoms with van der Waals surface area (Å²) in [6.45, 7) is 11.2. The Kier molecular flexibility index (Phi) is 8.04. The third-order valence-electron chi connectivity index (χ3n) is 4.21. The zero-order valence-corrected chi connectivity index (χ0v) is 15.2. The van der Waals surface area contributed by atoms with E-state index in [-0.39, 0.29) is 5.69 Å². The minimum atomic E-state index is -0.404. The quantitative estimate of drug-likeness (QED) is 0.240. The maximum atomic E-state index is 10.7. The molecule has 1 atom stereocenters. The summed E-state index contributed by atoms with van der Waals surface area (Å²) >= 11 is 0. The van der Waals surface area contributed by atoms with Gasteiger partial charge in [-0.05, 0) is 12.5 Å². The van der Waals surface area contributed by atoms with E-state index in [9.17, 15) is 10.1 Å². The average molecular weight is 361 g/mol. The van der Waals surface area contributed by atoms with Crippen molar-refractivity contribution in [2.24, 2.45) is 4.99 Å². The average Bonchev–Trinajstić information content (AvgIpc) is 2.68. The van der Waals surface area contributed by atoms with Gasteiger partial charge in [-0.1, -0.05) is 18.2 Å². The van der Waals surface area contributed by atoms with Gasteiger partial charge in [-0.25, -0.2) is 4.99 Å². The van der Waals surface area contributed by atoms with Gasteiger partial charge in [-0.3, -0.25) is 15.0 Å². The van der Waals surface area contributed by atoms with Gasteiger partial charge in [0.1, 0.15) is 0 Å². The van der Waals surface area contributed by atoms with E-state index in [1.54, 1.807) is 18.2 Å². The van der Waals surface area contributed by atoms with Crippen molar-refractivity contribution in [1.29, 1.82) is 0 Å². The summed E-state index contributed by atoms with van der Waals surface area (Å²) in [5, 5.41) is 17.3. The van der Waals surface area contributed by atoms with Crippen molar-refractivity contribution in [1.82, 2.24) is 15.5 Å². The first-order valence-corrected chi connectivity index (χ1v) is 8.78. The molecular weight excluding hydrogens is 334 g/mol. The molecule has 8 heteroatoms. The van der Waals surface area contributed by atoms with E-state index in [2.05, 4.69) is 34.0 Å². The number of rotatable bonds is 8. The van der Waals surface area contributed by atoms with Crippen LogP contribution in [0.5, 0.6) is 0 Å². The summed E-state index contributed by atoms with van der Waals surface area (Å²) in [4.78, 5) is 17.3. The molecule has 2 rings (SSSR count). The number of morpholine rings is 1. The van der Waals surface area contributed by atoms with Gasteiger partial charge in [-0.2, -0.15) is 0 Å². The van der Waals surface area contributed by atoms with Crippen LogP contribution >= 0.6 is 0 Å². The van der Waals surface area contributed by atoms with Crippen LogP contribution in [0.2, 0.25) is 0 Å². The molecule has 142 valence electrons. The van der Waals surface area contributed by atoms with Crippen molar-refractivity contribution in [2.45, 2.75) is 19.5 Å². The van der Waals surface area contributed by atoms with Crippen LogP contribution in [0.3, 0.4) is 0 Å². The van der Waals surface area contributed by atoms with Crippen molar-refractivity contribution in [3.63, 3.8) is 0 Å². The van der Waals surface area contributed by atoms with E-state index in [4.69, 9.17) is 4.74 Å². The maximum absolute atomic E-state index is 10.7. The van der Waals surface area contributed by atoms with Crippen LogP contribution < -0.4 is 10.6 Å². The third kappa shape index (κ3) is 6.45. The number of nitro benzene ring substituents is 1. The van der Waals surface area contributed by atoms with Gasteiger partial charge in [0.2, 0.25) is 0 Å². The number of guanidine groups is 1. The molecule has 0 radical (unpaired) electrons. The number of benzene rings is 1. The lowest BCUT2D eigenvalue weighted by molar-refractivity contribution is -0.384.